The minimum Gasteiger partial charge on any atom is -0.333 e. The molecule has 0 unspecified atom stereocenters. The van der Waals surface area contributed by atoms with Gasteiger partial charge in [0, 0.05) is 5.56 Å². The fraction of sp³-hybridized carbons (Fsp3) is 0.111. The molecule has 72 valence electrons. The standard InChI is InChI=1S/C9H6ClFN2O/c1-5-2-3-6(4-7(5)11)8-12-9(10)13-14-8/h2-4H,1H3. The first kappa shape index (κ1) is 9.15. The molecule has 1 aromatic heterocycles. The second-order valence-electron chi connectivity index (χ2n) is 2.83. The van der Waals surface area contributed by atoms with Crippen molar-refractivity contribution < 1.29 is 8.91 Å². The number of aromatic nitrogens is 2. The van der Waals surface area contributed by atoms with Crippen LogP contribution in [-0.4, -0.2) is 10.1 Å². The monoisotopic (exact) mass is 212 g/mol. The van der Waals surface area contributed by atoms with Crippen LogP contribution in [0.25, 0.3) is 11.5 Å². The minimum atomic E-state index is -0.308. The second kappa shape index (κ2) is 3.38. The van der Waals surface area contributed by atoms with Crippen molar-refractivity contribution in [2.45, 2.75) is 6.92 Å². The maximum atomic E-state index is 13.1. The van der Waals surface area contributed by atoms with Gasteiger partial charge < -0.3 is 4.52 Å². The number of hydrogen-bond acceptors (Lipinski definition) is 3. The van der Waals surface area contributed by atoms with Crippen LogP contribution in [0, 0.1) is 12.7 Å². The van der Waals surface area contributed by atoms with Crippen molar-refractivity contribution in [3.63, 3.8) is 0 Å². The fourth-order valence-electron chi connectivity index (χ4n) is 1.05. The first-order valence-electron chi connectivity index (χ1n) is 3.92. The third-order valence-electron chi connectivity index (χ3n) is 1.82. The number of rotatable bonds is 1. The summed E-state index contributed by atoms with van der Waals surface area (Å²) in [6.07, 6.45) is 0. The summed E-state index contributed by atoms with van der Waals surface area (Å²) in [5.74, 6) is -0.0919. The summed E-state index contributed by atoms with van der Waals surface area (Å²) in [5, 5.41) is 3.42. The van der Waals surface area contributed by atoms with Gasteiger partial charge in [-0.15, -0.1) is 0 Å². The van der Waals surface area contributed by atoms with Gasteiger partial charge in [0.15, 0.2) is 0 Å². The van der Waals surface area contributed by atoms with Crippen LogP contribution < -0.4 is 0 Å². The van der Waals surface area contributed by atoms with Gasteiger partial charge in [-0.2, -0.15) is 4.98 Å². The van der Waals surface area contributed by atoms with Crippen LogP contribution >= 0.6 is 11.6 Å². The molecule has 0 bridgehead atoms. The van der Waals surface area contributed by atoms with E-state index in [4.69, 9.17) is 16.1 Å². The zero-order chi connectivity index (χ0) is 10.1. The average Bonchev–Trinajstić information content (AvgIpc) is 2.57. The summed E-state index contributed by atoms with van der Waals surface area (Å²) in [5.41, 5.74) is 1.09. The normalized spacial score (nSPS) is 10.5. The van der Waals surface area contributed by atoms with Crippen LogP contribution in [0.4, 0.5) is 4.39 Å². The molecule has 1 aromatic carbocycles. The SMILES string of the molecule is Cc1ccc(-c2nc(Cl)no2)cc1F. The Morgan fingerprint density at radius 1 is 1.43 bits per heavy atom. The number of nitrogens with zero attached hydrogens (tertiary/aromatic N) is 2. The topological polar surface area (TPSA) is 38.9 Å². The van der Waals surface area contributed by atoms with Gasteiger partial charge in [-0.25, -0.2) is 4.39 Å². The molecule has 0 aliphatic carbocycles. The van der Waals surface area contributed by atoms with E-state index in [1.165, 1.54) is 6.07 Å². The molecule has 0 N–H and O–H groups in total. The lowest BCUT2D eigenvalue weighted by Gasteiger charge is -1.97. The first-order valence-corrected chi connectivity index (χ1v) is 4.30. The zero-order valence-electron chi connectivity index (χ0n) is 7.29. The molecule has 0 aliphatic heterocycles. The molecule has 5 heteroatoms. The highest BCUT2D eigenvalue weighted by molar-refractivity contribution is 6.28. The average molecular weight is 213 g/mol. The molecule has 0 saturated carbocycles. The van der Waals surface area contributed by atoms with Gasteiger partial charge >= 0.3 is 0 Å². The predicted molar refractivity (Wildman–Crippen MR) is 49.4 cm³/mol. The van der Waals surface area contributed by atoms with Crippen molar-refractivity contribution in [2.75, 3.05) is 0 Å². The number of halogens is 2. The van der Waals surface area contributed by atoms with Crippen molar-refractivity contribution in [3.05, 3.63) is 34.9 Å². The Morgan fingerprint density at radius 2 is 2.21 bits per heavy atom. The molecule has 0 spiro atoms. The molecule has 0 atom stereocenters. The Hall–Kier alpha value is -1.42. The maximum Gasteiger partial charge on any atom is 0.264 e. The highest BCUT2D eigenvalue weighted by Gasteiger charge is 2.08. The Kier molecular flexibility index (Phi) is 2.21. The van der Waals surface area contributed by atoms with Gasteiger partial charge in [0.25, 0.3) is 11.2 Å². The van der Waals surface area contributed by atoms with Gasteiger partial charge in [0.2, 0.25) is 0 Å². The molecule has 14 heavy (non-hydrogen) atoms. The van der Waals surface area contributed by atoms with E-state index in [-0.39, 0.29) is 17.0 Å². The van der Waals surface area contributed by atoms with Crippen LogP contribution in [0.5, 0.6) is 0 Å². The summed E-state index contributed by atoms with van der Waals surface area (Å²) < 4.78 is 17.9. The maximum absolute atomic E-state index is 13.1. The minimum absolute atomic E-state index is 0.0148. The smallest absolute Gasteiger partial charge is 0.264 e. The van der Waals surface area contributed by atoms with Crippen LogP contribution in [0.2, 0.25) is 5.28 Å². The van der Waals surface area contributed by atoms with Crippen molar-refractivity contribution in [2.24, 2.45) is 0 Å². The molecule has 0 radical (unpaired) electrons. The summed E-state index contributed by atoms with van der Waals surface area (Å²) in [6, 6.07) is 4.67. The number of aryl methyl sites for hydroxylation is 1. The predicted octanol–water partition coefficient (Wildman–Crippen LogP) is 2.84. The molecule has 2 rings (SSSR count). The van der Waals surface area contributed by atoms with E-state index in [2.05, 4.69) is 10.1 Å². The molecule has 0 aliphatic rings. The van der Waals surface area contributed by atoms with Crippen LogP contribution in [0.3, 0.4) is 0 Å². The van der Waals surface area contributed by atoms with E-state index in [0.29, 0.717) is 11.1 Å². The highest BCUT2D eigenvalue weighted by atomic mass is 35.5. The zero-order valence-corrected chi connectivity index (χ0v) is 8.05. The summed E-state index contributed by atoms with van der Waals surface area (Å²) in [7, 11) is 0. The van der Waals surface area contributed by atoms with E-state index < -0.39 is 0 Å². The largest absolute Gasteiger partial charge is 0.333 e. The first-order chi connectivity index (χ1) is 6.66. The molecule has 0 amide bonds. The van der Waals surface area contributed by atoms with Gasteiger partial charge in [-0.1, -0.05) is 6.07 Å². The molecule has 0 fully saturated rings. The Balaban J connectivity index is 2.47. The number of hydrogen-bond donors (Lipinski definition) is 0. The van der Waals surface area contributed by atoms with E-state index >= 15 is 0 Å². The fourth-order valence-corrected chi connectivity index (χ4v) is 1.16. The summed E-state index contributed by atoms with van der Waals surface area (Å²) in [6.45, 7) is 1.68. The highest BCUT2D eigenvalue weighted by Crippen LogP contribution is 2.20. The van der Waals surface area contributed by atoms with E-state index in [0.717, 1.165) is 0 Å². The quantitative estimate of drug-likeness (QED) is 0.730. The third kappa shape index (κ3) is 1.61. The van der Waals surface area contributed by atoms with Crippen molar-refractivity contribution in [1.29, 1.82) is 0 Å². The lowest BCUT2D eigenvalue weighted by Crippen LogP contribution is -1.84. The summed E-state index contributed by atoms with van der Waals surface area (Å²) >= 11 is 5.47. The summed E-state index contributed by atoms with van der Waals surface area (Å²) in [4.78, 5) is 3.77. The Morgan fingerprint density at radius 3 is 2.79 bits per heavy atom. The third-order valence-corrected chi connectivity index (χ3v) is 1.97. The van der Waals surface area contributed by atoms with Crippen LogP contribution in [-0.2, 0) is 0 Å². The number of benzene rings is 1. The van der Waals surface area contributed by atoms with Gasteiger partial charge in [0.1, 0.15) is 5.82 Å². The van der Waals surface area contributed by atoms with Gasteiger partial charge in [-0.05, 0) is 41.4 Å². The molecule has 1 heterocycles. The van der Waals surface area contributed by atoms with Crippen molar-refractivity contribution in [3.8, 4) is 11.5 Å². The van der Waals surface area contributed by atoms with Crippen molar-refractivity contribution >= 4 is 11.6 Å². The lowest BCUT2D eigenvalue weighted by molar-refractivity contribution is 0.430. The molecule has 0 saturated heterocycles. The molecular weight excluding hydrogens is 207 g/mol. The molecular formula is C9H6ClFN2O. The van der Waals surface area contributed by atoms with Crippen LogP contribution in [0.1, 0.15) is 5.56 Å². The van der Waals surface area contributed by atoms with Crippen molar-refractivity contribution in [1.82, 2.24) is 10.1 Å². The molecule has 3 nitrogen and oxygen atoms in total. The van der Waals surface area contributed by atoms with E-state index in [9.17, 15) is 4.39 Å². The lowest BCUT2D eigenvalue weighted by atomic mass is 10.1. The molecule has 2 aromatic rings. The van der Waals surface area contributed by atoms with Gasteiger partial charge in [0.05, 0.1) is 0 Å². The Labute approximate surface area is 84.5 Å². The van der Waals surface area contributed by atoms with Crippen LogP contribution in [0.15, 0.2) is 22.7 Å². The second-order valence-corrected chi connectivity index (χ2v) is 3.17. The van der Waals surface area contributed by atoms with E-state index in [1.54, 1.807) is 19.1 Å². The van der Waals surface area contributed by atoms with Gasteiger partial charge in [-0.3, -0.25) is 0 Å². The Bertz CT molecular complexity index is 470. The van der Waals surface area contributed by atoms with E-state index in [1.807, 2.05) is 0 Å².